The first kappa shape index (κ1) is 23.0. The average molecular weight is 461 g/mol. The maximum atomic E-state index is 14.3. The van der Waals surface area contributed by atoms with Crippen molar-refractivity contribution < 1.29 is 23.5 Å². The lowest BCUT2D eigenvalue weighted by molar-refractivity contribution is -0.137. The van der Waals surface area contributed by atoms with Crippen molar-refractivity contribution in [3.05, 3.63) is 95.4 Å². The van der Waals surface area contributed by atoms with E-state index >= 15 is 0 Å². The van der Waals surface area contributed by atoms with E-state index in [9.17, 15) is 14.0 Å². The zero-order valence-electron chi connectivity index (χ0n) is 19.0. The van der Waals surface area contributed by atoms with Gasteiger partial charge < -0.3 is 14.8 Å². The van der Waals surface area contributed by atoms with Crippen molar-refractivity contribution in [1.29, 1.82) is 0 Å². The Labute approximate surface area is 197 Å². The van der Waals surface area contributed by atoms with Crippen molar-refractivity contribution in [1.82, 2.24) is 4.90 Å². The van der Waals surface area contributed by atoms with Gasteiger partial charge in [0.15, 0.2) is 0 Å². The number of para-hydroxylation sites is 1. The van der Waals surface area contributed by atoms with E-state index in [1.54, 1.807) is 60.7 Å². The third kappa shape index (κ3) is 4.64. The molecule has 7 heteroatoms. The molecule has 4 rings (SSSR count). The minimum Gasteiger partial charge on any atom is -0.496 e. The minimum atomic E-state index is -0.547. The second-order valence-electron chi connectivity index (χ2n) is 7.74. The van der Waals surface area contributed by atoms with Crippen LogP contribution in [0.1, 0.15) is 24.5 Å². The van der Waals surface area contributed by atoms with E-state index in [-0.39, 0.29) is 23.4 Å². The smallest absolute Gasteiger partial charge is 0.278 e. The molecule has 0 radical (unpaired) electrons. The molecule has 0 aliphatic carbocycles. The van der Waals surface area contributed by atoms with Crippen LogP contribution in [0.5, 0.6) is 11.5 Å². The van der Waals surface area contributed by atoms with Gasteiger partial charge in [-0.25, -0.2) is 4.39 Å². The molecule has 1 N–H and O–H groups in total. The third-order valence-corrected chi connectivity index (χ3v) is 5.41. The highest BCUT2D eigenvalue weighted by molar-refractivity contribution is 6.36. The monoisotopic (exact) mass is 460 g/mol. The first-order valence-electron chi connectivity index (χ1n) is 11.0. The quantitative estimate of drug-likeness (QED) is 0.455. The first-order valence-corrected chi connectivity index (χ1v) is 11.0. The Balaban J connectivity index is 1.75. The van der Waals surface area contributed by atoms with E-state index in [0.29, 0.717) is 29.4 Å². The number of rotatable bonds is 9. The lowest BCUT2D eigenvalue weighted by Crippen LogP contribution is -2.32. The van der Waals surface area contributed by atoms with E-state index in [0.717, 1.165) is 11.3 Å². The molecule has 174 valence electrons. The number of nitrogens with one attached hydrogen (secondary N) is 1. The second-order valence-corrected chi connectivity index (χ2v) is 7.74. The summed E-state index contributed by atoms with van der Waals surface area (Å²) in [5, 5.41) is 3.11. The fourth-order valence-corrected chi connectivity index (χ4v) is 3.76. The minimum absolute atomic E-state index is 0.0958. The normalized spacial score (nSPS) is 13.4. The van der Waals surface area contributed by atoms with Crippen LogP contribution in [0.4, 0.5) is 10.1 Å². The summed E-state index contributed by atoms with van der Waals surface area (Å²) < 4.78 is 25.5. The predicted octanol–water partition coefficient (Wildman–Crippen LogP) is 5.02. The Morgan fingerprint density at radius 1 is 0.941 bits per heavy atom. The Kier molecular flexibility index (Phi) is 6.92. The standard InChI is InChI=1S/C27H25FN2O4/c1-3-15-34-20-11-8-10-19(16-20)29-25-24(21-12-5-7-14-23(21)33-2)26(31)30(27(25)32)17-18-9-4-6-13-22(18)28/h4-14,16,29H,3,15,17H2,1-2H3. The summed E-state index contributed by atoms with van der Waals surface area (Å²) in [5.41, 5.74) is 1.57. The molecule has 1 aliphatic rings. The molecule has 1 heterocycles. The Morgan fingerprint density at radius 3 is 2.47 bits per heavy atom. The van der Waals surface area contributed by atoms with Crippen molar-refractivity contribution >= 4 is 23.1 Å². The zero-order valence-corrected chi connectivity index (χ0v) is 19.0. The van der Waals surface area contributed by atoms with Crippen LogP contribution in [0.2, 0.25) is 0 Å². The number of carbonyl (C=O) groups excluding carboxylic acids is 2. The number of carbonyl (C=O) groups is 2. The highest BCUT2D eigenvalue weighted by Gasteiger charge is 2.40. The lowest BCUT2D eigenvalue weighted by Gasteiger charge is -2.16. The molecule has 3 aromatic carbocycles. The number of hydrogen-bond acceptors (Lipinski definition) is 5. The third-order valence-electron chi connectivity index (χ3n) is 5.41. The van der Waals surface area contributed by atoms with Gasteiger partial charge >= 0.3 is 0 Å². The number of methoxy groups -OCH3 is 1. The van der Waals surface area contributed by atoms with Crippen LogP contribution < -0.4 is 14.8 Å². The Hall–Kier alpha value is -4.13. The number of nitrogens with zero attached hydrogens (tertiary/aromatic N) is 1. The fraction of sp³-hybridized carbons (Fsp3) is 0.185. The molecule has 1 aliphatic heterocycles. The number of imide groups is 1. The van der Waals surface area contributed by atoms with Gasteiger partial charge in [-0.2, -0.15) is 0 Å². The molecule has 2 amide bonds. The molecule has 0 atom stereocenters. The van der Waals surface area contributed by atoms with Crippen LogP contribution in [0.15, 0.2) is 78.5 Å². The zero-order chi connectivity index (χ0) is 24.1. The van der Waals surface area contributed by atoms with E-state index in [2.05, 4.69) is 5.32 Å². The summed E-state index contributed by atoms with van der Waals surface area (Å²) in [5.74, 6) is -0.464. The number of halogens is 1. The van der Waals surface area contributed by atoms with Crippen molar-refractivity contribution in [2.75, 3.05) is 19.0 Å². The highest BCUT2D eigenvalue weighted by atomic mass is 19.1. The topological polar surface area (TPSA) is 67.9 Å². The molecule has 0 spiro atoms. The van der Waals surface area contributed by atoms with Crippen molar-refractivity contribution in [2.45, 2.75) is 19.9 Å². The largest absolute Gasteiger partial charge is 0.496 e. The molecule has 0 saturated heterocycles. The maximum absolute atomic E-state index is 14.3. The van der Waals surface area contributed by atoms with E-state index in [1.165, 1.54) is 13.2 Å². The molecule has 0 fully saturated rings. The number of hydrogen-bond donors (Lipinski definition) is 1. The Bertz CT molecular complexity index is 1250. The molecular formula is C27H25FN2O4. The Morgan fingerprint density at radius 2 is 1.71 bits per heavy atom. The number of benzene rings is 3. The van der Waals surface area contributed by atoms with Crippen LogP contribution in [-0.2, 0) is 16.1 Å². The molecule has 34 heavy (non-hydrogen) atoms. The summed E-state index contributed by atoms with van der Waals surface area (Å²) in [6.45, 7) is 2.39. The van der Waals surface area contributed by atoms with Gasteiger partial charge in [0.2, 0.25) is 0 Å². The highest BCUT2D eigenvalue weighted by Crippen LogP contribution is 2.36. The lowest BCUT2D eigenvalue weighted by atomic mass is 10.0. The van der Waals surface area contributed by atoms with E-state index < -0.39 is 17.6 Å². The van der Waals surface area contributed by atoms with Gasteiger partial charge in [-0.1, -0.05) is 49.4 Å². The van der Waals surface area contributed by atoms with Crippen LogP contribution in [0, 0.1) is 5.82 Å². The van der Waals surface area contributed by atoms with E-state index in [1.807, 2.05) is 13.0 Å². The van der Waals surface area contributed by atoms with Crippen molar-refractivity contribution in [3.8, 4) is 11.5 Å². The van der Waals surface area contributed by atoms with Gasteiger partial charge in [0, 0.05) is 22.9 Å². The van der Waals surface area contributed by atoms with Gasteiger partial charge in [-0.3, -0.25) is 14.5 Å². The predicted molar refractivity (Wildman–Crippen MR) is 128 cm³/mol. The van der Waals surface area contributed by atoms with Crippen LogP contribution in [-0.4, -0.2) is 30.4 Å². The number of ether oxygens (including phenoxy) is 2. The van der Waals surface area contributed by atoms with Crippen molar-refractivity contribution in [2.24, 2.45) is 0 Å². The first-order chi connectivity index (χ1) is 16.5. The van der Waals surface area contributed by atoms with E-state index in [4.69, 9.17) is 9.47 Å². The maximum Gasteiger partial charge on any atom is 0.278 e. The molecule has 0 bridgehead atoms. The van der Waals surface area contributed by atoms with Crippen molar-refractivity contribution in [3.63, 3.8) is 0 Å². The van der Waals surface area contributed by atoms with Gasteiger partial charge in [-0.15, -0.1) is 0 Å². The molecular weight excluding hydrogens is 435 g/mol. The van der Waals surface area contributed by atoms with Crippen LogP contribution in [0.3, 0.4) is 0 Å². The number of amides is 2. The summed E-state index contributed by atoms with van der Waals surface area (Å²) >= 11 is 0. The summed E-state index contributed by atoms with van der Waals surface area (Å²) in [4.78, 5) is 28.0. The van der Waals surface area contributed by atoms with Crippen LogP contribution >= 0.6 is 0 Å². The summed E-state index contributed by atoms with van der Waals surface area (Å²) in [6, 6.07) is 20.2. The van der Waals surface area contributed by atoms with Gasteiger partial charge in [0.1, 0.15) is 23.0 Å². The SMILES string of the molecule is CCCOc1cccc(NC2=C(c3ccccc3OC)C(=O)N(Cc3ccccc3F)C2=O)c1. The molecule has 0 saturated carbocycles. The van der Waals surface area contributed by atoms with Gasteiger partial charge in [0.25, 0.3) is 11.8 Å². The molecule has 0 aromatic heterocycles. The molecule has 0 unspecified atom stereocenters. The number of anilines is 1. The average Bonchev–Trinajstić information content (AvgIpc) is 3.08. The van der Waals surface area contributed by atoms with Crippen LogP contribution in [0.25, 0.3) is 5.57 Å². The molecule has 6 nitrogen and oxygen atoms in total. The second kappa shape index (κ2) is 10.2. The fourth-order valence-electron chi connectivity index (χ4n) is 3.76. The van der Waals surface area contributed by atoms with Gasteiger partial charge in [0.05, 0.1) is 25.8 Å². The van der Waals surface area contributed by atoms with Gasteiger partial charge in [-0.05, 0) is 30.7 Å². The summed E-state index contributed by atoms with van der Waals surface area (Å²) in [7, 11) is 1.50. The molecule has 3 aromatic rings. The summed E-state index contributed by atoms with van der Waals surface area (Å²) in [6.07, 6.45) is 0.860.